The maximum Gasteiger partial charge on any atom is 0.259 e. The van der Waals surface area contributed by atoms with Gasteiger partial charge in [-0.05, 0) is 36.4 Å². The summed E-state index contributed by atoms with van der Waals surface area (Å²) in [6, 6.07) is 24.2. The van der Waals surface area contributed by atoms with E-state index in [1.54, 1.807) is 42.3 Å². The van der Waals surface area contributed by atoms with Crippen LogP contribution < -0.4 is 10.1 Å². The average molecular weight is 404 g/mol. The largest absolute Gasteiger partial charge is 0.495 e. The lowest BCUT2D eigenvalue weighted by atomic mass is 10.1. The molecule has 4 aromatic rings. The van der Waals surface area contributed by atoms with Crippen LogP contribution in [-0.2, 0) is 0 Å². The Bertz CT molecular complexity index is 1160. The summed E-state index contributed by atoms with van der Waals surface area (Å²) in [7, 11) is 1.57. The van der Waals surface area contributed by atoms with Crippen molar-refractivity contribution in [3.63, 3.8) is 0 Å². The van der Waals surface area contributed by atoms with E-state index in [0.29, 0.717) is 27.7 Å². The molecule has 1 heterocycles. The minimum absolute atomic E-state index is 0.286. The highest BCUT2D eigenvalue weighted by Crippen LogP contribution is 2.28. The Labute approximate surface area is 173 Å². The van der Waals surface area contributed by atoms with Gasteiger partial charge in [0.05, 0.1) is 24.0 Å². The molecule has 1 aromatic heterocycles. The summed E-state index contributed by atoms with van der Waals surface area (Å²) in [6.07, 6.45) is 1.72. The molecular formula is C23H18ClN3O2. The van der Waals surface area contributed by atoms with Gasteiger partial charge in [0, 0.05) is 16.8 Å². The van der Waals surface area contributed by atoms with Gasteiger partial charge in [0.1, 0.15) is 11.4 Å². The molecule has 0 aliphatic carbocycles. The molecule has 0 spiro atoms. The van der Waals surface area contributed by atoms with Crippen LogP contribution >= 0.6 is 11.6 Å². The number of amides is 1. The van der Waals surface area contributed by atoms with Gasteiger partial charge in [-0.2, -0.15) is 5.10 Å². The van der Waals surface area contributed by atoms with Crippen LogP contribution in [0, 0.1) is 0 Å². The molecule has 5 nitrogen and oxygen atoms in total. The smallest absolute Gasteiger partial charge is 0.259 e. The van der Waals surface area contributed by atoms with E-state index in [1.807, 2.05) is 54.6 Å². The number of ether oxygens (including phenoxy) is 1. The average Bonchev–Trinajstić information content (AvgIpc) is 3.20. The third-order valence-electron chi connectivity index (χ3n) is 4.43. The first-order chi connectivity index (χ1) is 14.2. The van der Waals surface area contributed by atoms with E-state index in [2.05, 4.69) is 10.4 Å². The van der Waals surface area contributed by atoms with Crippen LogP contribution in [0.1, 0.15) is 10.4 Å². The van der Waals surface area contributed by atoms with Gasteiger partial charge in [-0.15, -0.1) is 0 Å². The second-order valence-corrected chi connectivity index (χ2v) is 6.77. The summed E-state index contributed by atoms with van der Waals surface area (Å²) in [5, 5.41) is 8.16. The van der Waals surface area contributed by atoms with Gasteiger partial charge in [-0.25, -0.2) is 4.68 Å². The fourth-order valence-electron chi connectivity index (χ4n) is 3.04. The Morgan fingerprint density at radius 3 is 2.52 bits per heavy atom. The first-order valence-corrected chi connectivity index (χ1v) is 9.39. The number of hydrogen-bond donors (Lipinski definition) is 1. The minimum atomic E-state index is -0.286. The van der Waals surface area contributed by atoms with Gasteiger partial charge in [-0.1, -0.05) is 54.1 Å². The van der Waals surface area contributed by atoms with Crippen LogP contribution in [0.15, 0.2) is 85.1 Å². The molecule has 0 saturated carbocycles. The van der Waals surface area contributed by atoms with Crippen molar-refractivity contribution >= 4 is 23.2 Å². The Morgan fingerprint density at radius 1 is 1.00 bits per heavy atom. The first-order valence-electron chi connectivity index (χ1n) is 9.01. The van der Waals surface area contributed by atoms with E-state index in [1.165, 1.54) is 0 Å². The molecule has 1 amide bonds. The number of benzene rings is 3. The summed E-state index contributed by atoms with van der Waals surface area (Å²) in [5.41, 5.74) is 3.18. The highest BCUT2D eigenvalue weighted by Gasteiger charge is 2.20. The van der Waals surface area contributed by atoms with Crippen LogP contribution in [0.2, 0.25) is 5.02 Å². The summed E-state index contributed by atoms with van der Waals surface area (Å²) in [4.78, 5) is 13.2. The Morgan fingerprint density at radius 2 is 1.76 bits per heavy atom. The van der Waals surface area contributed by atoms with Crippen molar-refractivity contribution in [3.05, 3.63) is 95.6 Å². The van der Waals surface area contributed by atoms with Crippen LogP contribution in [0.5, 0.6) is 5.75 Å². The van der Waals surface area contributed by atoms with Gasteiger partial charge in [-0.3, -0.25) is 4.79 Å². The number of aromatic nitrogens is 2. The summed E-state index contributed by atoms with van der Waals surface area (Å²) < 4.78 is 7.02. The van der Waals surface area contributed by atoms with Crippen LogP contribution in [0.3, 0.4) is 0 Å². The number of halogens is 1. The van der Waals surface area contributed by atoms with Crippen molar-refractivity contribution in [2.45, 2.75) is 0 Å². The zero-order chi connectivity index (χ0) is 20.2. The fraction of sp³-hybridized carbons (Fsp3) is 0.0435. The minimum Gasteiger partial charge on any atom is -0.495 e. The van der Waals surface area contributed by atoms with Crippen molar-refractivity contribution in [1.82, 2.24) is 9.78 Å². The predicted molar refractivity (Wildman–Crippen MR) is 115 cm³/mol. The third kappa shape index (κ3) is 4.00. The molecule has 0 aliphatic heterocycles. The molecule has 144 valence electrons. The Kier molecular flexibility index (Phi) is 5.31. The molecular weight excluding hydrogens is 386 g/mol. The van der Waals surface area contributed by atoms with Gasteiger partial charge in [0.15, 0.2) is 0 Å². The molecule has 6 heteroatoms. The van der Waals surface area contributed by atoms with E-state index in [-0.39, 0.29) is 5.91 Å². The maximum absolute atomic E-state index is 13.2. The second kappa shape index (κ2) is 8.20. The van der Waals surface area contributed by atoms with Crippen molar-refractivity contribution < 1.29 is 9.53 Å². The third-order valence-corrected chi connectivity index (χ3v) is 4.67. The topological polar surface area (TPSA) is 56.1 Å². The molecule has 3 aromatic carbocycles. The monoisotopic (exact) mass is 403 g/mol. The lowest BCUT2D eigenvalue weighted by molar-refractivity contribution is 0.102. The standard InChI is InChI=1S/C23H18ClN3O2/c1-29-21-13-6-5-12-20(21)25-23(28)19-15-27(18-10-3-2-4-11-18)26-22(19)16-8-7-9-17(24)14-16/h2-15H,1H3,(H,25,28). The van der Waals surface area contributed by atoms with E-state index in [9.17, 15) is 4.79 Å². The molecule has 0 atom stereocenters. The van der Waals surface area contributed by atoms with Crippen LogP contribution in [0.25, 0.3) is 16.9 Å². The van der Waals surface area contributed by atoms with E-state index in [0.717, 1.165) is 11.3 Å². The number of nitrogens with one attached hydrogen (secondary N) is 1. The van der Waals surface area contributed by atoms with Crippen molar-refractivity contribution in [3.8, 4) is 22.7 Å². The summed E-state index contributed by atoms with van der Waals surface area (Å²) >= 11 is 6.17. The molecule has 1 N–H and O–H groups in total. The number of methoxy groups -OCH3 is 1. The number of nitrogens with zero attached hydrogens (tertiary/aromatic N) is 2. The van der Waals surface area contributed by atoms with Crippen molar-refractivity contribution in [1.29, 1.82) is 0 Å². The Balaban J connectivity index is 1.78. The fourth-order valence-corrected chi connectivity index (χ4v) is 3.23. The molecule has 0 saturated heterocycles. The zero-order valence-electron chi connectivity index (χ0n) is 15.7. The maximum atomic E-state index is 13.2. The molecule has 0 fully saturated rings. The van der Waals surface area contributed by atoms with Gasteiger partial charge < -0.3 is 10.1 Å². The quantitative estimate of drug-likeness (QED) is 0.481. The van der Waals surface area contributed by atoms with E-state index in [4.69, 9.17) is 16.3 Å². The summed E-state index contributed by atoms with van der Waals surface area (Å²) in [6.45, 7) is 0. The van der Waals surface area contributed by atoms with E-state index < -0.39 is 0 Å². The highest BCUT2D eigenvalue weighted by molar-refractivity contribution is 6.30. The van der Waals surface area contributed by atoms with Gasteiger partial charge in [0.2, 0.25) is 0 Å². The molecule has 0 bridgehead atoms. The number of para-hydroxylation sites is 3. The predicted octanol–water partition coefficient (Wildman–Crippen LogP) is 5.45. The second-order valence-electron chi connectivity index (χ2n) is 6.34. The zero-order valence-corrected chi connectivity index (χ0v) is 16.4. The van der Waals surface area contributed by atoms with Gasteiger partial charge >= 0.3 is 0 Å². The van der Waals surface area contributed by atoms with Crippen LogP contribution in [-0.4, -0.2) is 22.8 Å². The number of hydrogen-bond acceptors (Lipinski definition) is 3. The molecule has 0 unspecified atom stereocenters. The summed E-state index contributed by atoms with van der Waals surface area (Å²) in [5.74, 6) is 0.298. The van der Waals surface area contributed by atoms with Crippen LogP contribution in [0.4, 0.5) is 5.69 Å². The molecule has 29 heavy (non-hydrogen) atoms. The lowest BCUT2D eigenvalue weighted by Crippen LogP contribution is -2.13. The number of carbonyl (C=O) groups is 1. The number of rotatable bonds is 5. The molecule has 0 aliphatic rings. The highest BCUT2D eigenvalue weighted by atomic mass is 35.5. The normalized spacial score (nSPS) is 10.6. The number of anilines is 1. The Hall–Kier alpha value is -3.57. The number of carbonyl (C=O) groups excluding carboxylic acids is 1. The van der Waals surface area contributed by atoms with Gasteiger partial charge in [0.25, 0.3) is 5.91 Å². The SMILES string of the molecule is COc1ccccc1NC(=O)c1cn(-c2ccccc2)nc1-c1cccc(Cl)c1. The van der Waals surface area contributed by atoms with Crippen molar-refractivity contribution in [2.75, 3.05) is 12.4 Å². The van der Waals surface area contributed by atoms with Crippen molar-refractivity contribution in [2.24, 2.45) is 0 Å². The van der Waals surface area contributed by atoms with E-state index >= 15 is 0 Å². The first kappa shape index (κ1) is 18.8. The lowest BCUT2D eigenvalue weighted by Gasteiger charge is -2.09. The molecule has 4 rings (SSSR count). The molecule has 0 radical (unpaired) electrons.